The third-order valence-corrected chi connectivity index (χ3v) is 2.34. The summed E-state index contributed by atoms with van der Waals surface area (Å²) in [6.07, 6.45) is 1.46. The van der Waals surface area contributed by atoms with E-state index in [2.05, 4.69) is 10.3 Å². The van der Waals surface area contributed by atoms with Gasteiger partial charge in [-0.05, 0) is 6.42 Å². The summed E-state index contributed by atoms with van der Waals surface area (Å²) in [5, 5.41) is 22.0. The van der Waals surface area contributed by atoms with Crippen molar-refractivity contribution in [2.45, 2.75) is 25.6 Å². The van der Waals surface area contributed by atoms with Crippen LogP contribution in [0.3, 0.4) is 0 Å². The second kappa shape index (κ2) is 5.62. The molecular weight excluding hydrogens is 210 g/mol. The molecule has 0 spiro atoms. The maximum absolute atomic E-state index is 10.6. The van der Waals surface area contributed by atoms with E-state index >= 15 is 0 Å². The van der Waals surface area contributed by atoms with Crippen molar-refractivity contribution < 1.29 is 15.0 Å². The number of aromatic nitrogens is 2. The van der Waals surface area contributed by atoms with Crippen molar-refractivity contribution in [1.29, 1.82) is 0 Å². The van der Waals surface area contributed by atoms with E-state index in [1.54, 1.807) is 17.9 Å². The largest absolute Gasteiger partial charge is 0.390 e. The fraction of sp³-hybridized carbons (Fsp3) is 0.600. The highest BCUT2D eigenvalue weighted by Crippen LogP contribution is 2.17. The van der Waals surface area contributed by atoms with Gasteiger partial charge in [-0.25, -0.2) is 4.98 Å². The quantitative estimate of drug-likeness (QED) is 0.623. The molecule has 1 aromatic heterocycles. The van der Waals surface area contributed by atoms with Crippen molar-refractivity contribution in [3.8, 4) is 0 Å². The van der Waals surface area contributed by atoms with Gasteiger partial charge in [-0.1, -0.05) is 0 Å². The van der Waals surface area contributed by atoms with Crippen molar-refractivity contribution in [3.05, 3.63) is 18.2 Å². The number of hydrogen-bond acceptors (Lipinski definition) is 4. The molecule has 0 fully saturated rings. The van der Waals surface area contributed by atoms with Gasteiger partial charge in [0, 0.05) is 20.5 Å². The second-order valence-electron chi connectivity index (χ2n) is 3.71. The Morgan fingerprint density at radius 3 is 2.81 bits per heavy atom. The molecule has 6 heteroatoms. The SMILES string of the molecule is CC(=O)NCCC(O)C(O)c1cncn1C. The molecule has 0 saturated carbocycles. The summed E-state index contributed by atoms with van der Waals surface area (Å²) in [6.45, 7) is 1.75. The molecule has 1 rings (SSSR count). The minimum absolute atomic E-state index is 0.151. The van der Waals surface area contributed by atoms with E-state index in [4.69, 9.17) is 0 Å². The number of aryl methyl sites for hydroxylation is 1. The summed E-state index contributed by atoms with van der Waals surface area (Å²) < 4.78 is 1.65. The number of hydrogen-bond donors (Lipinski definition) is 3. The third-order valence-electron chi connectivity index (χ3n) is 2.34. The number of amides is 1. The van der Waals surface area contributed by atoms with Crippen LogP contribution in [-0.2, 0) is 11.8 Å². The summed E-state index contributed by atoms with van der Waals surface area (Å²) in [5.41, 5.74) is 0.551. The van der Waals surface area contributed by atoms with Crippen LogP contribution >= 0.6 is 0 Å². The summed E-state index contributed by atoms with van der Waals surface area (Å²) in [4.78, 5) is 14.5. The van der Waals surface area contributed by atoms with E-state index in [0.29, 0.717) is 18.7 Å². The van der Waals surface area contributed by atoms with Crippen molar-refractivity contribution in [2.24, 2.45) is 7.05 Å². The van der Waals surface area contributed by atoms with Crippen molar-refractivity contribution in [2.75, 3.05) is 6.54 Å². The summed E-state index contributed by atoms with van der Waals surface area (Å²) in [6, 6.07) is 0. The van der Waals surface area contributed by atoms with Gasteiger partial charge in [-0.3, -0.25) is 4.79 Å². The number of imidazole rings is 1. The Labute approximate surface area is 93.9 Å². The number of carbonyl (C=O) groups excluding carboxylic acids is 1. The lowest BCUT2D eigenvalue weighted by molar-refractivity contribution is -0.119. The predicted octanol–water partition coefficient (Wildman–Crippen LogP) is -0.659. The smallest absolute Gasteiger partial charge is 0.216 e. The van der Waals surface area contributed by atoms with Crippen LogP contribution in [0, 0.1) is 0 Å². The van der Waals surface area contributed by atoms with Crippen LogP contribution in [0.1, 0.15) is 25.1 Å². The highest BCUT2D eigenvalue weighted by Gasteiger charge is 2.20. The molecule has 0 aliphatic carbocycles. The van der Waals surface area contributed by atoms with Crippen LogP contribution in [0.2, 0.25) is 0 Å². The van der Waals surface area contributed by atoms with Gasteiger partial charge in [0.2, 0.25) is 5.91 Å². The first-order valence-corrected chi connectivity index (χ1v) is 5.09. The molecule has 0 aliphatic rings. The number of aliphatic hydroxyl groups excluding tert-OH is 2. The fourth-order valence-corrected chi connectivity index (χ4v) is 1.40. The van der Waals surface area contributed by atoms with Gasteiger partial charge in [-0.15, -0.1) is 0 Å². The van der Waals surface area contributed by atoms with E-state index in [0.717, 1.165) is 0 Å². The maximum Gasteiger partial charge on any atom is 0.216 e. The first-order valence-electron chi connectivity index (χ1n) is 5.09. The van der Waals surface area contributed by atoms with Crippen LogP contribution in [0.15, 0.2) is 12.5 Å². The normalized spacial score (nSPS) is 14.5. The summed E-state index contributed by atoms with van der Waals surface area (Å²) in [5.74, 6) is -0.151. The standard InChI is InChI=1S/C10H17N3O3/c1-7(14)12-4-3-9(15)10(16)8-5-11-6-13(8)2/h5-6,9-10,15-16H,3-4H2,1-2H3,(H,12,14). The molecule has 0 bridgehead atoms. The average molecular weight is 227 g/mol. The Morgan fingerprint density at radius 2 is 2.31 bits per heavy atom. The monoisotopic (exact) mass is 227 g/mol. The van der Waals surface area contributed by atoms with Gasteiger partial charge in [0.15, 0.2) is 0 Å². The Kier molecular flexibility index (Phi) is 4.45. The van der Waals surface area contributed by atoms with E-state index in [1.165, 1.54) is 13.1 Å². The zero-order valence-electron chi connectivity index (χ0n) is 9.42. The topological polar surface area (TPSA) is 87.4 Å². The van der Waals surface area contributed by atoms with E-state index in [-0.39, 0.29) is 5.91 Å². The lowest BCUT2D eigenvalue weighted by Gasteiger charge is -2.18. The van der Waals surface area contributed by atoms with Gasteiger partial charge >= 0.3 is 0 Å². The summed E-state index contributed by atoms with van der Waals surface area (Å²) >= 11 is 0. The van der Waals surface area contributed by atoms with Gasteiger partial charge < -0.3 is 20.1 Å². The Balaban J connectivity index is 2.45. The summed E-state index contributed by atoms with van der Waals surface area (Å²) in [7, 11) is 1.74. The Hall–Kier alpha value is -1.40. The van der Waals surface area contributed by atoms with Crippen LogP contribution in [0.25, 0.3) is 0 Å². The van der Waals surface area contributed by atoms with Crippen LogP contribution < -0.4 is 5.32 Å². The minimum Gasteiger partial charge on any atom is -0.390 e. The van der Waals surface area contributed by atoms with Gasteiger partial charge in [0.25, 0.3) is 0 Å². The second-order valence-corrected chi connectivity index (χ2v) is 3.71. The number of carbonyl (C=O) groups is 1. The zero-order chi connectivity index (χ0) is 12.1. The third kappa shape index (κ3) is 3.32. The first-order chi connectivity index (χ1) is 7.52. The first kappa shape index (κ1) is 12.7. The molecule has 1 aromatic rings. The highest BCUT2D eigenvalue weighted by atomic mass is 16.3. The zero-order valence-corrected chi connectivity index (χ0v) is 9.42. The molecule has 2 atom stereocenters. The van der Waals surface area contributed by atoms with E-state index in [9.17, 15) is 15.0 Å². The highest BCUT2D eigenvalue weighted by molar-refractivity contribution is 5.72. The molecule has 2 unspecified atom stereocenters. The lowest BCUT2D eigenvalue weighted by atomic mass is 10.1. The van der Waals surface area contributed by atoms with Crippen LogP contribution in [0.4, 0.5) is 0 Å². The number of aliphatic hydroxyl groups is 2. The van der Waals surface area contributed by atoms with Crippen LogP contribution in [-0.4, -0.2) is 38.3 Å². The molecule has 0 aromatic carbocycles. The maximum atomic E-state index is 10.6. The van der Waals surface area contributed by atoms with Gasteiger partial charge in [-0.2, -0.15) is 0 Å². The lowest BCUT2D eigenvalue weighted by Crippen LogP contribution is -2.28. The molecule has 6 nitrogen and oxygen atoms in total. The van der Waals surface area contributed by atoms with Crippen molar-refractivity contribution >= 4 is 5.91 Å². The van der Waals surface area contributed by atoms with E-state index in [1.807, 2.05) is 0 Å². The van der Waals surface area contributed by atoms with Crippen molar-refractivity contribution in [3.63, 3.8) is 0 Å². The molecule has 1 heterocycles. The number of nitrogens with zero attached hydrogens (tertiary/aromatic N) is 2. The number of rotatable bonds is 5. The van der Waals surface area contributed by atoms with Gasteiger partial charge in [0.05, 0.1) is 24.3 Å². The molecular formula is C10H17N3O3. The molecule has 0 saturated heterocycles. The Bertz CT molecular complexity index is 351. The van der Waals surface area contributed by atoms with Gasteiger partial charge in [0.1, 0.15) is 6.10 Å². The minimum atomic E-state index is -0.985. The predicted molar refractivity (Wildman–Crippen MR) is 57.5 cm³/mol. The fourth-order valence-electron chi connectivity index (χ4n) is 1.40. The molecule has 3 N–H and O–H groups in total. The molecule has 1 amide bonds. The molecule has 0 radical (unpaired) electrons. The van der Waals surface area contributed by atoms with E-state index < -0.39 is 12.2 Å². The average Bonchev–Trinajstić information content (AvgIpc) is 2.62. The van der Waals surface area contributed by atoms with Crippen LogP contribution in [0.5, 0.6) is 0 Å². The molecule has 0 aliphatic heterocycles. The molecule has 90 valence electrons. The molecule has 16 heavy (non-hydrogen) atoms. The van der Waals surface area contributed by atoms with Crippen molar-refractivity contribution in [1.82, 2.24) is 14.9 Å². The number of nitrogens with one attached hydrogen (secondary N) is 1. The Morgan fingerprint density at radius 1 is 1.62 bits per heavy atom.